The van der Waals surface area contributed by atoms with E-state index in [2.05, 4.69) is 43.2 Å². The molecule has 6 heteroatoms. The highest BCUT2D eigenvalue weighted by Gasteiger charge is 2.34. The molecule has 5 nitrogen and oxygen atoms in total. The van der Waals surface area contributed by atoms with E-state index in [-0.39, 0.29) is 29.5 Å². The van der Waals surface area contributed by atoms with Gasteiger partial charge in [0.1, 0.15) is 0 Å². The number of halogens is 1. The second-order valence-corrected chi connectivity index (χ2v) is 6.04. The summed E-state index contributed by atoms with van der Waals surface area (Å²) in [5.41, 5.74) is 6.03. The molecule has 1 fully saturated rings. The molecule has 0 aromatic rings. The van der Waals surface area contributed by atoms with Gasteiger partial charge >= 0.3 is 0 Å². The average Bonchev–Trinajstić information content (AvgIpc) is 2.37. The number of nitrogens with zero attached hydrogens (tertiary/aromatic N) is 2. The van der Waals surface area contributed by atoms with Crippen LogP contribution in [-0.2, 0) is 4.74 Å². The van der Waals surface area contributed by atoms with E-state index in [1.165, 1.54) is 0 Å². The van der Waals surface area contributed by atoms with Gasteiger partial charge in [0.05, 0.1) is 6.54 Å². The quantitative estimate of drug-likeness (QED) is 0.406. The summed E-state index contributed by atoms with van der Waals surface area (Å²) >= 11 is 0. The van der Waals surface area contributed by atoms with Crippen LogP contribution in [0.4, 0.5) is 0 Å². The van der Waals surface area contributed by atoms with Gasteiger partial charge in [-0.05, 0) is 39.3 Å². The number of hydrogen-bond acceptors (Lipinski definition) is 3. The predicted octanol–water partition coefficient (Wildman–Crippen LogP) is 1.67. The van der Waals surface area contributed by atoms with Gasteiger partial charge in [0.2, 0.25) is 0 Å². The van der Waals surface area contributed by atoms with E-state index in [0.29, 0.717) is 11.9 Å². The molecule has 0 bridgehead atoms. The molecule has 1 rings (SSSR count). The molecule has 0 aliphatic carbocycles. The van der Waals surface area contributed by atoms with Crippen molar-refractivity contribution in [3.63, 3.8) is 0 Å². The standard InChI is InChI=1S/C14H30N4O.HI/c1-12(2)5-8-16-13(15)17-11-14(18(3)4)6-9-19-10-7-14;/h12H,5-11H2,1-4H3,(H3,15,16,17);1H. The topological polar surface area (TPSA) is 62.9 Å². The highest BCUT2D eigenvalue weighted by Crippen LogP contribution is 2.26. The lowest BCUT2D eigenvalue weighted by molar-refractivity contribution is -0.00252. The van der Waals surface area contributed by atoms with Crippen LogP contribution < -0.4 is 11.1 Å². The smallest absolute Gasteiger partial charge is 0.188 e. The molecule has 1 aliphatic heterocycles. The third-order valence-corrected chi connectivity index (χ3v) is 3.94. The van der Waals surface area contributed by atoms with Gasteiger partial charge in [-0.1, -0.05) is 13.8 Å². The molecule has 0 aromatic heterocycles. The molecule has 3 N–H and O–H groups in total. The molecule has 120 valence electrons. The number of guanidine groups is 1. The SMILES string of the molecule is CC(C)CCNC(N)=NCC1(N(C)C)CCOCC1.I. The largest absolute Gasteiger partial charge is 0.381 e. The van der Waals surface area contributed by atoms with Crippen LogP contribution in [0, 0.1) is 5.92 Å². The Hall–Kier alpha value is -0.0800. The third-order valence-electron chi connectivity index (χ3n) is 3.94. The van der Waals surface area contributed by atoms with E-state index in [9.17, 15) is 0 Å². The van der Waals surface area contributed by atoms with Crippen molar-refractivity contribution in [2.75, 3.05) is 40.4 Å². The summed E-state index contributed by atoms with van der Waals surface area (Å²) in [5.74, 6) is 1.25. The van der Waals surface area contributed by atoms with Crippen molar-refractivity contribution in [2.24, 2.45) is 16.6 Å². The minimum absolute atomic E-state index is 0. The van der Waals surface area contributed by atoms with E-state index in [1.807, 2.05) is 0 Å². The Morgan fingerprint density at radius 2 is 1.95 bits per heavy atom. The van der Waals surface area contributed by atoms with Crippen molar-refractivity contribution < 1.29 is 4.74 Å². The summed E-state index contributed by atoms with van der Waals surface area (Å²) in [6, 6.07) is 0. The number of rotatable bonds is 6. The highest BCUT2D eigenvalue weighted by molar-refractivity contribution is 14.0. The first-order valence-electron chi connectivity index (χ1n) is 7.25. The number of aliphatic imine (C=N–C) groups is 1. The maximum atomic E-state index is 5.93. The van der Waals surface area contributed by atoms with Crippen molar-refractivity contribution in [1.29, 1.82) is 0 Å². The average molecular weight is 398 g/mol. The Labute approximate surface area is 140 Å². The van der Waals surface area contributed by atoms with Gasteiger partial charge in [0.15, 0.2) is 5.96 Å². The van der Waals surface area contributed by atoms with E-state index < -0.39 is 0 Å². The first kappa shape index (κ1) is 19.9. The Balaban J connectivity index is 0.00000361. The monoisotopic (exact) mass is 398 g/mol. The summed E-state index contributed by atoms with van der Waals surface area (Å²) in [7, 11) is 4.23. The van der Waals surface area contributed by atoms with Crippen LogP contribution in [0.15, 0.2) is 4.99 Å². The maximum absolute atomic E-state index is 5.93. The van der Waals surface area contributed by atoms with E-state index >= 15 is 0 Å². The molecule has 1 aliphatic rings. The molecule has 0 aromatic carbocycles. The van der Waals surface area contributed by atoms with Gasteiger partial charge in [-0.25, -0.2) is 0 Å². The van der Waals surface area contributed by atoms with Gasteiger partial charge in [0.25, 0.3) is 0 Å². The van der Waals surface area contributed by atoms with E-state index in [4.69, 9.17) is 10.5 Å². The minimum Gasteiger partial charge on any atom is -0.381 e. The molecule has 20 heavy (non-hydrogen) atoms. The molecule has 0 spiro atoms. The molecular formula is C14H31IN4O. The molecule has 0 saturated carbocycles. The second kappa shape index (κ2) is 9.78. The van der Waals surface area contributed by atoms with E-state index in [0.717, 1.165) is 45.6 Å². The van der Waals surface area contributed by atoms with Crippen molar-refractivity contribution >= 4 is 29.9 Å². The number of nitrogens with one attached hydrogen (secondary N) is 1. The van der Waals surface area contributed by atoms with Gasteiger partial charge in [0, 0.05) is 25.3 Å². The van der Waals surface area contributed by atoms with Crippen LogP contribution in [0.1, 0.15) is 33.1 Å². The lowest BCUT2D eigenvalue weighted by Crippen LogP contribution is -2.51. The number of ether oxygens (including phenoxy) is 1. The normalized spacial score (nSPS) is 19.0. The lowest BCUT2D eigenvalue weighted by Gasteiger charge is -2.41. The van der Waals surface area contributed by atoms with Crippen LogP contribution in [-0.4, -0.2) is 56.8 Å². The fourth-order valence-electron chi connectivity index (χ4n) is 2.28. The summed E-state index contributed by atoms with van der Waals surface area (Å²) in [6.07, 6.45) is 3.15. The van der Waals surface area contributed by atoms with E-state index in [1.54, 1.807) is 0 Å². The molecule has 0 atom stereocenters. The zero-order valence-electron chi connectivity index (χ0n) is 13.3. The Kier molecular flexibility index (Phi) is 9.74. The fourth-order valence-corrected chi connectivity index (χ4v) is 2.28. The first-order valence-corrected chi connectivity index (χ1v) is 7.25. The minimum atomic E-state index is 0. The van der Waals surface area contributed by atoms with Crippen LogP contribution in [0.5, 0.6) is 0 Å². The Morgan fingerprint density at radius 3 is 2.45 bits per heavy atom. The van der Waals surface area contributed by atoms with Crippen molar-refractivity contribution in [3.05, 3.63) is 0 Å². The van der Waals surface area contributed by atoms with Crippen LogP contribution >= 0.6 is 24.0 Å². The summed E-state index contributed by atoms with van der Waals surface area (Å²) in [5, 5.41) is 3.19. The third kappa shape index (κ3) is 6.58. The van der Waals surface area contributed by atoms with Crippen molar-refractivity contribution in [3.8, 4) is 0 Å². The maximum Gasteiger partial charge on any atom is 0.188 e. The van der Waals surface area contributed by atoms with Crippen LogP contribution in [0.2, 0.25) is 0 Å². The molecule has 0 unspecified atom stereocenters. The van der Waals surface area contributed by atoms with Crippen molar-refractivity contribution in [1.82, 2.24) is 10.2 Å². The molecular weight excluding hydrogens is 367 g/mol. The summed E-state index contributed by atoms with van der Waals surface area (Å²) in [6.45, 7) is 7.67. The Morgan fingerprint density at radius 1 is 1.35 bits per heavy atom. The summed E-state index contributed by atoms with van der Waals surface area (Å²) in [4.78, 5) is 6.79. The second-order valence-electron chi connectivity index (χ2n) is 6.04. The van der Waals surface area contributed by atoms with Crippen LogP contribution in [0.3, 0.4) is 0 Å². The Bertz CT molecular complexity index is 289. The zero-order chi connectivity index (χ0) is 14.3. The van der Waals surface area contributed by atoms with Gasteiger partial charge in [-0.3, -0.25) is 4.99 Å². The molecule has 1 heterocycles. The number of nitrogens with two attached hydrogens (primary N) is 1. The molecule has 1 saturated heterocycles. The molecule has 0 radical (unpaired) electrons. The first-order chi connectivity index (χ1) is 8.96. The molecule has 0 amide bonds. The van der Waals surface area contributed by atoms with Crippen molar-refractivity contribution in [2.45, 2.75) is 38.6 Å². The van der Waals surface area contributed by atoms with Gasteiger partial charge in [-0.2, -0.15) is 0 Å². The predicted molar refractivity (Wildman–Crippen MR) is 95.8 cm³/mol. The van der Waals surface area contributed by atoms with Gasteiger partial charge in [-0.15, -0.1) is 24.0 Å². The summed E-state index contributed by atoms with van der Waals surface area (Å²) < 4.78 is 5.45. The van der Waals surface area contributed by atoms with Gasteiger partial charge < -0.3 is 20.7 Å². The fraction of sp³-hybridized carbons (Fsp3) is 0.929. The highest BCUT2D eigenvalue weighted by atomic mass is 127. The number of hydrogen-bond donors (Lipinski definition) is 2. The zero-order valence-corrected chi connectivity index (χ0v) is 15.6. The van der Waals surface area contributed by atoms with Crippen LogP contribution in [0.25, 0.3) is 0 Å². The number of likely N-dealkylation sites (N-methyl/N-ethyl adjacent to an activating group) is 1. The lowest BCUT2D eigenvalue weighted by atomic mass is 9.89.